The second kappa shape index (κ2) is 10.9. The van der Waals surface area contributed by atoms with Crippen molar-refractivity contribution < 1.29 is 33.6 Å². The Balaban J connectivity index is 1.34. The molecule has 198 valence electrons. The summed E-state index contributed by atoms with van der Waals surface area (Å²) in [6.07, 6.45) is -2.49. The standard InChI is InChI=1S/C20H27N4O11P/c1-9-5-23(19(29)21-17(9)27)15-3-11(26)14(34-15)8-32-36(31)35-12-4-16(33-13(12)7-25)24-6-10(2)18(28)22-20(24)30/h5-6,11-16,25-26,31H,3-4,7-8H2,1-2H3,(H,21,27,29)(H,22,28,30)/t11-,12-,13+,14+,15+,16+,36?/m0/s1. The fraction of sp³-hybridized carbons (Fsp3) is 0.600. The second-order valence-corrected chi connectivity index (χ2v) is 9.56. The first-order valence-corrected chi connectivity index (χ1v) is 12.2. The van der Waals surface area contributed by atoms with E-state index in [2.05, 4.69) is 9.97 Å². The van der Waals surface area contributed by atoms with Crippen molar-refractivity contribution in [1.82, 2.24) is 19.1 Å². The third-order valence-electron chi connectivity index (χ3n) is 6.05. The summed E-state index contributed by atoms with van der Waals surface area (Å²) in [4.78, 5) is 62.0. The van der Waals surface area contributed by atoms with Crippen LogP contribution in [0, 0.1) is 13.8 Å². The van der Waals surface area contributed by atoms with Crippen LogP contribution in [0.4, 0.5) is 0 Å². The number of nitrogens with one attached hydrogen (secondary N) is 2. The molecule has 7 atom stereocenters. The van der Waals surface area contributed by atoms with Crippen molar-refractivity contribution in [3.05, 3.63) is 65.2 Å². The number of aliphatic hydroxyl groups is 2. The van der Waals surface area contributed by atoms with Crippen LogP contribution in [0.3, 0.4) is 0 Å². The highest BCUT2D eigenvalue weighted by Gasteiger charge is 2.40. The van der Waals surface area contributed by atoms with Gasteiger partial charge in [-0.3, -0.25) is 28.7 Å². The third-order valence-corrected chi connectivity index (χ3v) is 6.87. The largest absolute Gasteiger partial charge is 0.394 e. The Labute approximate surface area is 203 Å². The van der Waals surface area contributed by atoms with Gasteiger partial charge in [-0.05, 0) is 13.8 Å². The van der Waals surface area contributed by atoms with Gasteiger partial charge in [-0.25, -0.2) is 9.59 Å². The van der Waals surface area contributed by atoms with Crippen molar-refractivity contribution in [2.75, 3.05) is 13.2 Å². The van der Waals surface area contributed by atoms with Gasteiger partial charge in [0, 0.05) is 36.4 Å². The van der Waals surface area contributed by atoms with Gasteiger partial charge >= 0.3 is 20.0 Å². The Kier molecular flexibility index (Phi) is 8.02. The topological polar surface area (TPSA) is 207 Å². The number of aromatic nitrogens is 4. The fourth-order valence-electron chi connectivity index (χ4n) is 4.07. The van der Waals surface area contributed by atoms with Crippen LogP contribution in [0.2, 0.25) is 0 Å². The van der Waals surface area contributed by atoms with E-state index in [9.17, 15) is 34.3 Å². The molecule has 2 aromatic heterocycles. The maximum absolute atomic E-state index is 12.1. The number of aliphatic hydroxyl groups excluding tert-OH is 2. The minimum Gasteiger partial charge on any atom is -0.394 e. The zero-order chi connectivity index (χ0) is 26.1. The van der Waals surface area contributed by atoms with Gasteiger partial charge in [0.1, 0.15) is 24.7 Å². The Morgan fingerprint density at radius 3 is 2.06 bits per heavy atom. The van der Waals surface area contributed by atoms with E-state index in [4.69, 9.17) is 18.5 Å². The predicted octanol–water partition coefficient (Wildman–Crippen LogP) is -1.75. The number of hydrogen-bond acceptors (Lipinski definition) is 11. The molecule has 0 saturated carbocycles. The molecule has 2 saturated heterocycles. The molecule has 2 aliphatic rings. The van der Waals surface area contributed by atoms with E-state index >= 15 is 0 Å². The molecule has 4 heterocycles. The van der Waals surface area contributed by atoms with Crippen molar-refractivity contribution in [1.29, 1.82) is 0 Å². The molecule has 5 N–H and O–H groups in total. The summed E-state index contributed by atoms with van der Waals surface area (Å²) in [6, 6.07) is 0. The number of hydrogen-bond donors (Lipinski definition) is 5. The fourth-order valence-corrected chi connectivity index (χ4v) is 4.85. The molecule has 0 aromatic carbocycles. The SMILES string of the molecule is Cc1cn([C@H]2C[C@H](OP(O)OC[C@H]3O[C@@H](n4cc(C)c(=O)[nH]c4=O)C[C@@H]3O)[C@@H](CO)O2)c(=O)[nH]c1=O. The first kappa shape index (κ1) is 26.6. The quantitative estimate of drug-likeness (QED) is 0.242. The summed E-state index contributed by atoms with van der Waals surface area (Å²) >= 11 is 0. The molecule has 16 heteroatoms. The molecule has 2 aliphatic heterocycles. The Hall–Kier alpha value is -2.49. The molecule has 2 aromatic rings. The number of rotatable bonds is 8. The van der Waals surface area contributed by atoms with E-state index in [0.717, 1.165) is 0 Å². The minimum atomic E-state index is -2.49. The summed E-state index contributed by atoms with van der Waals surface area (Å²) in [6.45, 7) is 2.33. The van der Waals surface area contributed by atoms with Gasteiger partial charge in [-0.15, -0.1) is 0 Å². The molecule has 4 rings (SSSR count). The Bertz CT molecular complexity index is 1320. The maximum atomic E-state index is 12.1. The molecular formula is C20H27N4O11P. The summed E-state index contributed by atoms with van der Waals surface area (Å²) in [5.74, 6) is 0. The summed E-state index contributed by atoms with van der Waals surface area (Å²) < 4.78 is 24.5. The average Bonchev–Trinajstić information content (AvgIpc) is 3.40. The number of aromatic amines is 2. The summed E-state index contributed by atoms with van der Waals surface area (Å²) in [7, 11) is -2.49. The highest BCUT2D eigenvalue weighted by atomic mass is 31.2. The van der Waals surface area contributed by atoms with E-state index in [-0.39, 0.29) is 19.4 Å². The van der Waals surface area contributed by atoms with Crippen LogP contribution in [-0.4, -0.2) is 71.8 Å². The van der Waals surface area contributed by atoms with Crippen molar-refractivity contribution >= 4 is 8.60 Å². The lowest BCUT2D eigenvalue weighted by Gasteiger charge is -2.21. The van der Waals surface area contributed by atoms with Crippen LogP contribution in [0.25, 0.3) is 0 Å². The highest BCUT2D eigenvalue weighted by molar-refractivity contribution is 7.40. The molecule has 1 unspecified atom stereocenters. The maximum Gasteiger partial charge on any atom is 0.330 e. The van der Waals surface area contributed by atoms with E-state index in [1.807, 2.05) is 0 Å². The van der Waals surface area contributed by atoms with Gasteiger partial charge in [0.15, 0.2) is 0 Å². The molecule has 0 aliphatic carbocycles. The number of ether oxygens (including phenoxy) is 2. The second-order valence-electron chi connectivity index (χ2n) is 8.61. The number of nitrogens with zero attached hydrogens (tertiary/aromatic N) is 2. The van der Waals surface area contributed by atoms with E-state index in [0.29, 0.717) is 11.1 Å². The normalized spacial score (nSPS) is 29.0. The van der Waals surface area contributed by atoms with Crippen molar-refractivity contribution in [2.45, 2.75) is 63.6 Å². The van der Waals surface area contributed by atoms with Crippen molar-refractivity contribution in [3.63, 3.8) is 0 Å². The van der Waals surface area contributed by atoms with Gasteiger partial charge in [0.05, 0.1) is 25.4 Å². The van der Waals surface area contributed by atoms with Crippen LogP contribution < -0.4 is 22.5 Å². The van der Waals surface area contributed by atoms with E-state index in [1.54, 1.807) is 0 Å². The monoisotopic (exact) mass is 530 g/mol. The summed E-state index contributed by atoms with van der Waals surface area (Å²) in [5, 5.41) is 20.0. The van der Waals surface area contributed by atoms with Gasteiger partial charge in [0.2, 0.25) is 0 Å². The van der Waals surface area contributed by atoms with Crippen LogP contribution >= 0.6 is 8.60 Å². The lowest BCUT2D eigenvalue weighted by Crippen LogP contribution is -2.33. The Morgan fingerprint density at radius 1 is 0.972 bits per heavy atom. The molecule has 2 fully saturated rings. The molecule has 0 amide bonds. The van der Waals surface area contributed by atoms with E-state index < -0.39 is 74.6 Å². The van der Waals surface area contributed by atoms with Crippen LogP contribution in [0.5, 0.6) is 0 Å². The van der Waals surface area contributed by atoms with Gasteiger partial charge in [-0.1, -0.05) is 0 Å². The van der Waals surface area contributed by atoms with Crippen LogP contribution in [0.1, 0.15) is 36.4 Å². The predicted molar refractivity (Wildman–Crippen MR) is 122 cm³/mol. The highest BCUT2D eigenvalue weighted by Crippen LogP contribution is 2.42. The van der Waals surface area contributed by atoms with Crippen molar-refractivity contribution in [2.24, 2.45) is 0 Å². The van der Waals surface area contributed by atoms with E-state index in [1.165, 1.54) is 35.4 Å². The smallest absolute Gasteiger partial charge is 0.330 e. The zero-order valence-corrected chi connectivity index (χ0v) is 20.3. The van der Waals surface area contributed by atoms with Gasteiger partial charge in [-0.2, -0.15) is 0 Å². The van der Waals surface area contributed by atoms with Crippen LogP contribution in [-0.2, 0) is 18.5 Å². The zero-order valence-electron chi connectivity index (χ0n) is 19.4. The lowest BCUT2D eigenvalue weighted by molar-refractivity contribution is -0.0527. The minimum absolute atomic E-state index is 0.0572. The van der Waals surface area contributed by atoms with Gasteiger partial charge < -0.3 is 33.6 Å². The Morgan fingerprint density at radius 2 is 1.50 bits per heavy atom. The molecule has 15 nitrogen and oxygen atoms in total. The molecule has 0 spiro atoms. The molecular weight excluding hydrogens is 503 g/mol. The first-order valence-electron chi connectivity index (χ1n) is 11.1. The third kappa shape index (κ3) is 5.58. The average molecular weight is 530 g/mol. The van der Waals surface area contributed by atoms with Crippen LogP contribution in [0.15, 0.2) is 31.6 Å². The lowest BCUT2D eigenvalue weighted by atomic mass is 10.2. The first-order chi connectivity index (χ1) is 17.1. The summed E-state index contributed by atoms with van der Waals surface area (Å²) in [5.41, 5.74) is -1.81. The number of H-pyrrole nitrogens is 2. The van der Waals surface area contributed by atoms with Gasteiger partial charge in [0.25, 0.3) is 11.1 Å². The molecule has 0 radical (unpaired) electrons. The number of aryl methyl sites for hydroxylation is 2. The van der Waals surface area contributed by atoms with Crippen molar-refractivity contribution in [3.8, 4) is 0 Å². The molecule has 36 heavy (non-hydrogen) atoms. The molecule has 0 bridgehead atoms.